The van der Waals surface area contributed by atoms with Crippen molar-refractivity contribution < 1.29 is 0 Å². The number of hydrogen-bond donors (Lipinski definition) is 0. The van der Waals surface area contributed by atoms with Crippen molar-refractivity contribution in [2.24, 2.45) is 0 Å². The smallest absolute Gasteiger partial charge is 0.0547 e. The van der Waals surface area contributed by atoms with Crippen LogP contribution in [-0.2, 0) is 0 Å². The lowest BCUT2D eigenvalue weighted by atomic mass is 9.93. The molecule has 2 aromatic heterocycles. The molecule has 10 rings (SSSR count). The predicted molar refractivity (Wildman–Crippen MR) is 212 cm³/mol. The van der Waals surface area contributed by atoms with Gasteiger partial charge in [-0.05, 0) is 107 Å². The van der Waals surface area contributed by atoms with Gasteiger partial charge in [0.05, 0.1) is 22.1 Å². The molecule has 7 aromatic carbocycles. The summed E-state index contributed by atoms with van der Waals surface area (Å²) in [7, 11) is 0. The van der Waals surface area contributed by atoms with Gasteiger partial charge in [0.15, 0.2) is 0 Å². The van der Waals surface area contributed by atoms with Crippen LogP contribution in [0.25, 0.3) is 82.8 Å². The Labute approximate surface area is 291 Å². The average molecular weight is 639 g/mol. The number of nitrogens with zero attached hydrogens (tertiary/aromatic N) is 2. The van der Waals surface area contributed by atoms with Crippen molar-refractivity contribution in [2.75, 3.05) is 0 Å². The van der Waals surface area contributed by atoms with Gasteiger partial charge < -0.3 is 9.13 Å². The largest absolute Gasteiger partial charge is 0.309 e. The molecule has 0 fully saturated rings. The number of allylic oxidation sites excluding steroid dienone is 4. The van der Waals surface area contributed by atoms with E-state index in [1.54, 1.807) is 0 Å². The number of hydrogen-bond acceptors (Lipinski definition) is 0. The second-order valence-corrected chi connectivity index (χ2v) is 13.3. The third kappa shape index (κ3) is 4.57. The number of fused-ring (bicyclic) bond motifs is 6. The van der Waals surface area contributed by atoms with Crippen LogP contribution in [0, 0.1) is 0 Å². The maximum atomic E-state index is 2.46. The molecule has 0 atom stereocenters. The van der Waals surface area contributed by atoms with Crippen LogP contribution in [0.3, 0.4) is 0 Å². The van der Waals surface area contributed by atoms with Crippen LogP contribution >= 0.6 is 0 Å². The number of para-hydroxylation sites is 2. The molecule has 0 saturated carbocycles. The summed E-state index contributed by atoms with van der Waals surface area (Å²) < 4.78 is 4.84. The first-order valence-corrected chi connectivity index (χ1v) is 17.5. The van der Waals surface area contributed by atoms with E-state index in [2.05, 4.69) is 191 Å². The molecule has 2 heteroatoms. The summed E-state index contributed by atoms with van der Waals surface area (Å²) in [6.07, 6.45) is 8.91. The quantitative estimate of drug-likeness (QED) is 0.178. The molecule has 50 heavy (non-hydrogen) atoms. The van der Waals surface area contributed by atoms with Crippen LogP contribution in [0.2, 0.25) is 0 Å². The normalized spacial score (nSPS) is 13.1. The van der Waals surface area contributed by atoms with Crippen molar-refractivity contribution in [3.8, 4) is 33.6 Å². The third-order valence-corrected chi connectivity index (χ3v) is 10.4. The first kappa shape index (κ1) is 28.6. The minimum absolute atomic E-state index is 1.05. The van der Waals surface area contributed by atoms with E-state index in [1.807, 2.05) is 0 Å². The molecule has 0 amide bonds. The minimum Gasteiger partial charge on any atom is -0.309 e. The highest BCUT2D eigenvalue weighted by Crippen LogP contribution is 2.41. The Kier molecular flexibility index (Phi) is 6.67. The lowest BCUT2D eigenvalue weighted by Crippen LogP contribution is -1.95. The Morgan fingerprint density at radius 1 is 0.400 bits per heavy atom. The van der Waals surface area contributed by atoms with Crippen molar-refractivity contribution >= 4 is 49.2 Å². The van der Waals surface area contributed by atoms with Crippen molar-refractivity contribution in [2.45, 2.75) is 12.8 Å². The first-order chi connectivity index (χ1) is 24.8. The van der Waals surface area contributed by atoms with Crippen LogP contribution in [0.5, 0.6) is 0 Å². The van der Waals surface area contributed by atoms with Crippen molar-refractivity contribution in [3.63, 3.8) is 0 Å². The summed E-state index contributed by atoms with van der Waals surface area (Å²) in [5, 5.41) is 5.13. The molecule has 1 aliphatic rings. The van der Waals surface area contributed by atoms with Crippen LogP contribution < -0.4 is 0 Å². The van der Waals surface area contributed by atoms with E-state index in [0.717, 1.165) is 12.8 Å². The summed E-state index contributed by atoms with van der Waals surface area (Å²) in [6.45, 7) is 0. The van der Waals surface area contributed by atoms with Gasteiger partial charge in [-0.25, -0.2) is 0 Å². The molecule has 2 heterocycles. The second-order valence-electron chi connectivity index (χ2n) is 13.3. The first-order valence-electron chi connectivity index (χ1n) is 17.5. The number of rotatable bonds is 5. The Bertz CT molecular complexity index is 2790. The Balaban J connectivity index is 1.21. The molecule has 0 N–H and O–H groups in total. The number of benzene rings is 7. The summed E-state index contributed by atoms with van der Waals surface area (Å²) >= 11 is 0. The molecule has 9 aromatic rings. The molecule has 0 radical (unpaired) electrons. The van der Waals surface area contributed by atoms with Gasteiger partial charge in [-0.3, -0.25) is 0 Å². The average Bonchev–Trinajstić information content (AvgIpc) is 3.71. The summed E-state index contributed by atoms with van der Waals surface area (Å²) in [5.74, 6) is 0. The maximum absolute atomic E-state index is 2.46. The van der Waals surface area contributed by atoms with Gasteiger partial charge in [0, 0.05) is 32.9 Å². The molecule has 1 aliphatic carbocycles. The van der Waals surface area contributed by atoms with E-state index in [1.165, 1.54) is 88.4 Å². The monoisotopic (exact) mass is 638 g/mol. The third-order valence-electron chi connectivity index (χ3n) is 10.4. The SMILES string of the molecule is C1=CCCC(c2cccc3c2c2cc(-c4ccc5c(c4)c4ccccc4n5-c4ccccc4)ccc2n3-c2cccc(-c3ccccc3)c2)=C1. The molecule has 2 nitrogen and oxygen atoms in total. The molecule has 0 spiro atoms. The van der Waals surface area contributed by atoms with E-state index in [9.17, 15) is 0 Å². The fourth-order valence-corrected chi connectivity index (χ4v) is 8.09. The number of aromatic nitrogens is 2. The zero-order chi connectivity index (χ0) is 33.0. The Hall–Kier alpha value is -6.38. The predicted octanol–water partition coefficient (Wildman–Crippen LogP) is 12.9. The lowest BCUT2D eigenvalue weighted by molar-refractivity contribution is 1.06. The highest BCUT2D eigenvalue weighted by Gasteiger charge is 2.19. The zero-order valence-corrected chi connectivity index (χ0v) is 27.6. The minimum atomic E-state index is 1.05. The van der Waals surface area contributed by atoms with E-state index < -0.39 is 0 Å². The molecule has 0 bridgehead atoms. The van der Waals surface area contributed by atoms with E-state index in [-0.39, 0.29) is 0 Å². The molecule has 0 unspecified atom stereocenters. The maximum Gasteiger partial charge on any atom is 0.0547 e. The van der Waals surface area contributed by atoms with Crippen molar-refractivity contribution in [1.82, 2.24) is 9.13 Å². The lowest BCUT2D eigenvalue weighted by Gasteiger charge is -2.12. The molecular weight excluding hydrogens is 605 g/mol. The fourth-order valence-electron chi connectivity index (χ4n) is 8.09. The zero-order valence-electron chi connectivity index (χ0n) is 27.6. The summed E-state index contributed by atoms with van der Waals surface area (Å²) in [6, 6.07) is 59.9. The van der Waals surface area contributed by atoms with E-state index in [0.29, 0.717) is 0 Å². The molecule has 0 aliphatic heterocycles. The van der Waals surface area contributed by atoms with Crippen molar-refractivity contribution in [1.29, 1.82) is 0 Å². The van der Waals surface area contributed by atoms with Crippen LogP contribution in [-0.4, -0.2) is 9.13 Å². The van der Waals surface area contributed by atoms with Gasteiger partial charge in [-0.1, -0.05) is 121 Å². The van der Waals surface area contributed by atoms with Crippen LogP contribution in [0.15, 0.2) is 182 Å². The van der Waals surface area contributed by atoms with Crippen molar-refractivity contribution in [3.05, 3.63) is 188 Å². The molecule has 0 saturated heterocycles. The fraction of sp³-hybridized carbons (Fsp3) is 0.0417. The van der Waals surface area contributed by atoms with Crippen LogP contribution in [0.1, 0.15) is 18.4 Å². The Morgan fingerprint density at radius 2 is 1.00 bits per heavy atom. The highest BCUT2D eigenvalue weighted by molar-refractivity contribution is 6.15. The molecular formula is C48H34N2. The van der Waals surface area contributed by atoms with E-state index in [4.69, 9.17) is 0 Å². The second kappa shape index (κ2) is 11.6. The standard InChI is InChI=1S/C48H34N2/c1-4-14-33(15-5-1)35-18-12-21-39(30-35)50-46-29-27-37(32-43(46)48-40(23-13-25-47(48)50)34-16-6-2-7-17-34)36-26-28-45-42(31-36)41-22-10-11-24-44(41)49(45)38-19-8-3-9-20-38/h1-6,8-16,18-32H,7,17H2. The topological polar surface area (TPSA) is 9.86 Å². The highest BCUT2D eigenvalue weighted by atomic mass is 15.0. The van der Waals surface area contributed by atoms with Gasteiger partial charge in [-0.2, -0.15) is 0 Å². The summed E-state index contributed by atoms with van der Waals surface area (Å²) in [4.78, 5) is 0. The van der Waals surface area contributed by atoms with Gasteiger partial charge in [0.2, 0.25) is 0 Å². The molecule has 236 valence electrons. The van der Waals surface area contributed by atoms with Gasteiger partial charge in [-0.15, -0.1) is 0 Å². The van der Waals surface area contributed by atoms with E-state index >= 15 is 0 Å². The summed E-state index contributed by atoms with van der Waals surface area (Å²) in [5.41, 5.74) is 14.9. The van der Waals surface area contributed by atoms with Gasteiger partial charge in [0.1, 0.15) is 0 Å². The van der Waals surface area contributed by atoms with Gasteiger partial charge >= 0.3 is 0 Å². The Morgan fingerprint density at radius 3 is 1.80 bits per heavy atom. The van der Waals surface area contributed by atoms with Gasteiger partial charge in [0.25, 0.3) is 0 Å². The van der Waals surface area contributed by atoms with Crippen LogP contribution in [0.4, 0.5) is 0 Å².